The summed E-state index contributed by atoms with van der Waals surface area (Å²) in [6, 6.07) is 16.1. The molecule has 0 radical (unpaired) electrons. The van der Waals surface area contributed by atoms with Crippen LogP contribution in [0.5, 0.6) is 5.75 Å². The quantitative estimate of drug-likeness (QED) is 0.658. The minimum atomic E-state index is 0.749. The average molecular weight is 312 g/mol. The van der Waals surface area contributed by atoms with Crippen molar-refractivity contribution in [2.24, 2.45) is 0 Å². The van der Waals surface area contributed by atoms with Gasteiger partial charge in [0.1, 0.15) is 5.75 Å². The van der Waals surface area contributed by atoms with E-state index in [0.717, 1.165) is 62.9 Å². The molecule has 4 nitrogen and oxygen atoms in total. The highest BCUT2D eigenvalue weighted by Crippen LogP contribution is 2.23. The van der Waals surface area contributed by atoms with E-state index in [4.69, 9.17) is 15.2 Å². The lowest BCUT2D eigenvalue weighted by atomic mass is 10.1. The van der Waals surface area contributed by atoms with E-state index < -0.39 is 0 Å². The number of benzene rings is 2. The van der Waals surface area contributed by atoms with Crippen LogP contribution in [0.15, 0.2) is 48.5 Å². The number of nitrogen functional groups attached to an aromatic ring is 1. The van der Waals surface area contributed by atoms with Crippen molar-refractivity contribution in [1.82, 2.24) is 4.90 Å². The van der Waals surface area contributed by atoms with Gasteiger partial charge in [0.15, 0.2) is 0 Å². The lowest BCUT2D eigenvalue weighted by Crippen LogP contribution is -2.37. The summed E-state index contributed by atoms with van der Waals surface area (Å²) in [6.45, 7) is 5.61. The maximum Gasteiger partial charge on any atom is 0.119 e. The Morgan fingerprint density at radius 1 is 0.913 bits per heavy atom. The van der Waals surface area contributed by atoms with Crippen molar-refractivity contribution in [3.63, 3.8) is 0 Å². The first-order chi connectivity index (χ1) is 11.3. The van der Waals surface area contributed by atoms with Crippen LogP contribution in [0.1, 0.15) is 6.42 Å². The van der Waals surface area contributed by atoms with Crippen molar-refractivity contribution in [3.8, 4) is 16.9 Å². The SMILES string of the molecule is Nc1ccc(-c2ccc(OCCCN3CCOCC3)cc2)cc1. The van der Waals surface area contributed by atoms with Gasteiger partial charge in [-0.05, 0) is 41.8 Å². The molecule has 122 valence electrons. The van der Waals surface area contributed by atoms with Gasteiger partial charge in [0.25, 0.3) is 0 Å². The molecule has 0 aromatic heterocycles. The van der Waals surface area contributed by atoms with Crippen LogP contribution in [0.4, 0.5) is 5.69 Å². The molecular weight excluding hydrogens is 288 g/mol. The molecule has 0 unspecified atom stereocenters. The molecule has 1 aliphatic rings. The van der Waals surface area contributed by atoms with E-state index in [1.165, 1.54) is 5.56 Å². The second-order valence-corrected chi connectivity index (χ2v) is 5.80. The zero-order valence-electron chi connectivity index (χ0n) is 13.4. The zero-order valence-corrected chi connectivity index (χ0v) is 13.4. The fraction of sp³-hybridized carbons (Fsp3) is 0.368. The molecule has 0 atom stereocenters. The zero-order chi connectivity index (χ0) is 15.9. The smallest absolute Gasteiger partial charge is 0.119 e. The molecule has 0 bridgehead atoms. The van der Waals surface area contributed by atoms with E-state index in [-0.39, 0.29) is 0 Å². The molecule has 1 aliphatic heterocycles. The number of hydrogen-bond donors (Lipinski definition) is 1. The summed E-state index contributed by atoms with van der Waals surface area (Å²) in [5, 5.41) is 0. The van der Waals surface area contributed by atoms with Crippen LogP contribution >= 0.6 is 0 Å². The lowest BCUT2D eigenvalue weighted by molar-refractivity contribution is 0.0358. The molecule has 2 N–H and O–H groups in total. The van der Waals surface area contributed by atoms with Crippen LogP contribution in [0, 0.1) is 0 Å². The first kappa shape index (κ1) is 15.8. The van der Waals surface area contributed by atoms with Crippen LogP contribution in [-0.4, -0.2) is 44.4 Å². The molecule has 0 saturated carbocycles. The van der Waals surface area contributed by atoms with Crippen molar-refractivity contribution in [1.29, 1.82) is 0 Å². The monoisotopic (exact) mass is 312 g/mol. The Bertz CT molecular complexity index is 590. The number of ether oxygens (including phenoxy) is 2. The van der Waals surface area contributed by atoms with E-state index in [2.05, 4.69) is 17.0 Å². The second kappa shape index (κ2) is 7.99. The van der Waals surface area contributed by atoms with Crippen LogP contribution in [0.25, 0.3) is 11.1 Å². The molecule has 1 heterocycles. The summed E-state index contributed by atoms with van der Waals surface area (Å²) in [5.41, 5.74) is 8.84. The highest BCUT2D eigenvalue weighted by Gasteiger charge is 2.09. The summed E-state index contributed by atoms with van der Waals surface area (Å²) < 4.78 is 11.2. The van der Waals surface area contributed by atoms with Crippen molar-refractivity contribution < 1.29 is 9.47 Å². The van der Waals surface area contributed by atoms with Gasteiger partial charge in [-0.3, -0.25) is 4.90 Å². The normalized spacial score (nSPS) is 15.5. The standard InChI is InChI=1S/C19H24N2O2/c20-18-6-2-16(3-7-18)17-4-8-19(9-5-17)23-13-1-10-21-11-14-22-15-12-21/h2-9H,1,10-15,20H2. The van der Waals surface area contributed by atoms with Gasteiger partial charge in [0, 0.05) is 25.3 Å². The predicted molar refractivity (Wildman–Crippen MR) is 93.7 cm³/mol. The van der Waals surface area contributed by atoms with E-state index in [0.29, 0.717) is 0 Å². The van der Waals surface area contributed by atoms with Gasteiger partial charge in [0.2, 0.25) is 0 Å². The predicted octanol–water partition coefficient (Wildman–Crippen LogP) is 3.04. The number of hydrogen-bond acceptors (Lipinski definition) is 4. The van der Waals surface area contributed by atoms with Gasteiger partial charge in [-0.25, -0.2) is 0 Å². The molecule has 3 rings (SSSR count). The van der Waals surface area contributed by atoms with Crippen LogP contribution < -0.4 is 10.5 Å². The Morgan fingerprint density at radius 3 is 2.17 bits per heavy atom. The van der Waals surface area contributed by atoms with Gasteiger partial charge in [0.05, 0.1) is 19.8 Å². The number of morpholine rings is 1. The average Bonchev–Trinajstić information content (AvgIpc) is 2.61. The fourth-order valence-electron chi connectivity index (χ4n) is 2.72. The summed E-state index contributed by atoms with van der Waals surface area (Å²) in [4.78, 5) is 2.43. The number of nitrogens with two attached hydrogens (primary N) is 1. The molecule has 2 aromatic rings. The van der Waals surface area contributed by atoms with E-state index >= 15 is 0 Å². The third-order valence-corrected chi connectivity index (χ3v) is 4.09. The maximum absolute atomic E-state index is 5.83. The molecule has 0 spiro atoms. The molecular formula is C19H24N2O2. The summed E-state index contributed by atoms with van der Waals surface area (Å²) in [6.07, 6.45) is 1.04. The van der Waals surface area contributed by atoms with Crippen LogP contribution in [0.3, 0.4) is 0 Å². The Labute approximate surface area is 137 Å². The van der Waals surface area contributed by atoms with Crippen LogP contribution in [0.2, 0.25) is 0 Å². The molecule has 0 amide bonds. The Balaban J connectivity index is 1.45. The van der Waals surface area contributed by atoms with Crippen molar-refractivity contribution in [2.45, 2.75) is 6.42 Å². The van der Waals surface area contributed by atoms with Gasteiger partial charge in [-0.2, -0.15) is 0 Å². The van der Waals surface area contributed by atoms with Crippen LogP contribution in [-0.2, 0) is 4.74 Å². The maximum atomic E-state index is 5.83. The highest BCUT2D eigenvalue weighted by molar-refractivity contribution is 5.66. The molecule has 0 aliphatic carbocycles. The van der Waals surface area contributed by atoms with Gasteiger partial charge in [-0.15, -0.1) is 0 Å². The van der Waals surface area contributed by atoms with E-state index in [1.54, 1.807) is 0 Å². The van der Waals surface area contributed by atoms with Gasteiger partial charge >= 0.3 is 0 Å². The summed E-state index contributed by atoms with van der Waals surface area (Å²) >= 11 is 0. The number of rotatable bonds is 6. The van der Waals surface area contributed by atoms with Crippen molar-refractivity contribution in [2.75, 3.05) is 45.2 Å². The Hall–Kier alpha value is -2.04. The van der Waals surface area contributed by atoms with Crippen molar-refractivity contribution >= 4 is 5.69 Å². The number of anilines is 1. The summed E-state index contributed by atoms with van der Waals surface area (Å²) in [7, 11) is 0. The third-order valence-electron chi connectivity index (χ3n) is 4.09. The fourth-order valence-corrected chi connectivity index (χ4v) is 2.72. The molecule has 4 heteroatoms. The molecule has 23 heavy (non-hydrogen) atoms. The van der Waals surface area contributed by atoms with Gasteiger partial charge in [-0.1, -0.05) is 24.3 Å². The second-order valence-electron chi connectivity index (χ2n) is 5.80. The molecule has 1 fully saturated rings. The first-order valence-corrected chi connectivity index (χ1v) is 8.20. The summed E-state index contributed by atoms with van der Waals surface area (Å²) in [5.74, 6) is 0.922. The lowest BCUT2D eigenvalue weighted by Gasteiger charge is -2.26. The number of nitrogens with zero attached hydrogens (tertiary/aromatic N) is 1. The molecule has 1 saturated heterocycles. The van der Waals surface area contributed by atoms with E-state index in [9.17, 15) is 0 Å². The Kier molecular flexibility index (Phi) is 5.51. The highest BCUT2D eigenvalue weighted by atomic mass is 16.5. The minimum absolute atomic E-state index is 0.749. The van der Waals surface area contributed by atoms with Gasteiger partial charge < -0.3 is 15.2 Å². The Morgan fingerprint density at radius 2 is 1.52 bits per heavy atom. The minimum Gasteiger partial charge on any atom is -0.494 e. The first-order valence-electron chi connectivity index (χ1n) is 8.20. The van der Waals surface area contributed by atoms with E-state index in [1.807, 2.05) is 36.4 Å². The molecule has 2 aromatic carbocycles. The van der Waals surface area contributed by atoms with Crippen molar-refractivity contribution in [3.05, 3.63) is 48.5 Å². The topological polar surface area (TPSA) is 47.7 Å². The third kappa shape index (κ3) is 4.71. The largest absolute Gasteiger partial charge is 0.494 e.